The van der Waals surface area contributed by atoms with Crippen LogP contribution in [0.15, 0.2) is 60.9 Å². The number of ether oxygens (including phenoxy) is 2. The molecule has 5 rings (SSSR count). The molecule has 33 heavy (non-hydrogen) atoms. The van der Waals surface area contributed by atoms with Crippen molar-refractivity contribution in [3.63, 3.8) is 0 Å². The van der Waals surface area contributed by atoms with Crippen LogP contribution in [0.2, 0.25) is 0 Å². The first-order chi connectivity index (χ1) is 16.2. The summed E-state index contributed by atoms with van der Waals surface area (Å²) in [5.74, 6) is 2.66. The monoisotopic (exact) mass is 446 g/mol. The van der Waals surface area contributed by atoms with Gasteiger partial charge in [0, 0.05) is 49.8 Å². The van der Waals surface area contributed by atoms with E-state index in [4.69, 9.17) is 9.47 Å². The van der Waals surface area contributed by atoms with Gasteiger partial charge in [-0.2, -0.15) is 0 Å². The van der Waals surface area contributed by atoms with Crippen molar-refractivity contribution in [2.24, 2.45) is 5.41 Å². The van der Waals surface area contributed by atoms with Gasteiger partial charge in [-0.05, 0) is 68.1 Å². The fraction of sp³-hybridized carbons (Fsp3) is 0.444. The van der Waals surface area contributed by atoms with E-state index in [1.807, 2.05) is 24.4 Å². The zero-order valence-corrected chi connectivity index (χ0v) is 19.7. The zero-order chi connectivity index (χ0) is 22.7. The second-order valence-electron chi connectivity index (χ2n) is 9.48. The van der Waals surface area contributed by atoms with Crippen molar-refractivity contribution >= 4 is 0 Å². The smallest absolute Gasteiger partial charge is 0.165 e. The van der Waals surface area contributed by atoms with Gasteiger partial charge in [0.15, 0.2) is 11.5 Å². The topological polar surface area (TPSA) is 42.8 Å². The van der Waals surface area contributed by atoms with E-state index in [-0.39, 0.29) is 0 Å². The number of aromatic nitrogens is 2. The summed E-state index contributed by atoms with van der Waals surface area (Å²) < 4.78 is 13.4. The summed E-state index contributed by atoms with van der Waals surface area (Å²) in [5.41, 5.74) is 2.89. The third-order valence-corrected chi connectivity index (χ3v) is 7.25. The Morgan fingerprint density at radius 1 is 0.879 bits per heavy atom. The first-order valence-electron chi connectivity index (χ1n) is 11.9. The van der Waals surface area contributed by atoms with E-state index in [1.165, 1.54) is 30.5 Å². The molecule has 1 atom stereocenters. The Labute approximate surface area is 196 Å². The van der Waals surface area contributed by atoms with Crippen LogP contribution in [-0.2, 0) is 13.1 Å². The average Bonchev–Trinajstić information content (AvgIpc) is 3.46. The molecular weight excluding hydrogens is 412 g/mol. The van der Waals surface area contributed by atoms with Gasteiger partial charge in [0.2, 0.25) is 0 Å². The molecule has 0 radical (unpaired) electrons. The van der Waals surface area contributed by atoms with Crippen LogP contribution in [0, 0.1) is 5.41 Å². The first-order valence-corrected chi connectivity index (χ1v) is 11.9. The molecule has 4 heterocycles. The van der Waals surface area contributed by atoms with E-state index in [0.717, 1.165) is 56.6 Å². The Hall–Kier alpha value is -2.83. The zero-order valence-electron chi connectivity index (χ0n) is 19.7. The quantitative estimate of drug-likeness (QED) is 0.539. The van der Waals surface area contributed by atoms with Crippen molar-refractivity contribution in [1.29, 1.82) is 0 Å². The molecule has 3 aromatic rings. The minimum atomic E-state index is 0.382. The molecule has 2 aromatic heterocycles. The highest BCUT2D eigenvalue weighted by atomic mass is 16.5. The molecular formula is C27H34N4O2. The second kappa shape index (κ2) is 9.57. The van der Waals surface area contributed by atoms with Crippen LogP contribution in [0.1, 0.15) is 30.5 Å². The number of pyridine rings is 1. The summed E-state index contributed by atoms with van der Waals surface area (Å²) in [6.45, 7) is 6.48. The van der Waals surface area contributed by atoms with E-state index in [9.17, 15) is 0 Å². The number of methoxy groups -OCH3 is 2. The van der Waals surface area contributed by atoms with Crippen LogP contribution in [-0.4, -0.2) is 59.7 Å². The Kier molecular flexibility index (Phi) is 6.38. The van der Waals surface area contributed by atoms with Crippen LogP contribution >= 0.6 is 0 Å². The van der Waals surface area contributed by atoms with Crippen molar-refractivity contribution in [1.82, 2.24) is 19.4 Å². The van der Waals surface area contributed by atoms with Gasteiger partial charge in [-0.1, -0.05) is 18.2 Å². The van der Waals surface area contributed by atoms with Gasteiger partial charge in [-0.25, -0.2) is 4.98 Å². The largest absolute Gasteiger partial charge is 0.493 e. The summed E-state index contributed by atoms with van der Waals surface area (Å²) in [7, 11) is 3.43. The van der Waals surface area contributed by atoms with Gasteiger partial charge < -0.3 is 14.0 Å². The van der Waals surface area contributed by atoms with Gasteiger partial charge in [-0.3, -0.25) is 9.80 Å². The predicted molar refractivity (Wildman–Crippen MR) is 130 cm³/mol. The maximum Gasteiger partial charge on any atom is 0.165 e. The minimum absolute atomic E-state index is 0.382. The number of hydrogen-bond acceptors (Lipinski definition) is 5. The average molecular weight is 447 g/mol. The first kappa shape index (κ1) is 22.0. The van der Waals surface area contributed by atoms with E-state index in [0.29, 0.717) is 5.41 Å². The predicted octanol–water partition coefficient (Wildman–Crippen LogP) is 4.38. The van der Waals surface area contributed by atoms with Crippen molar-refractivity contribution in [2.45, 2.75) is 32.4 Å². The van der Waals surface area contributed by atoms with Crippen molar-refractivity contribution < 1.29 is 9.47 Å². The Morgan fingerprint density at radius 2 is 1.76 bits per heavy atom. The summed E-state index contributed by atoms with van der Waals surface area (Å²) in [6, 6.07) is 16.6. The molecule has 0 N–H and O–H groups in total. The minimum Gasteiger partial charge on any atom is -0.493 e. The fourth-order valence-electron chi connectivity index (χ4n) is 5.75. The maximum atomic E-state index is 5.68. The Balaban J connectivity index is 1.25. The molecule has 6 nitrogen and oxygen atoms in total. The van der Waals surface area contributed by atoms with Crippen LogP contribution < -0.4 is 9.47 Å². The van der Waals surface area contributed by atoms with Crippen LogP contribution in [0.25, 0.3) is 5.82 Å². The number of hydrogen-bond donors (Lipinski definition) is 0. The number of para-hydroxylation sites is 1. The molecule has 2 aliphatic rings. The Bertz CT molecular complexity index is 1070. The van der Waals surface area contributed by atoms with Gasteiger partial charge in [0.25, 0.3) is 0 Å². The molecule has 2 aliphatic heterocycles. The highest BCUT2D eigenvalue weighted by Gasteiger charge is 2.41. The molecule has 0 aliphatic carbocycles. The van der Waals surface area contributed by atoms with E-state index in [2.05, 4.69) is 55.9 Å². The van der Waals surface area contributed by atoms with Crippen LogP contribution in [0.4, 0.5) is 0 Å². The summed E-state index contributed by atoms with van der Waals surface area (Å²) in [6.07, 6.45) is 7.81. The SMILES string of the molecule is COc1cccc(CN2CCC[C@@]3(CCN(Cc4cccn4-c4ccccn4)C3)C2)c1OC. The highest BCUT2D eigenvalue weighted by molar-refractivity contribution is 5.46. The maximum absolute atomic E-state index is 5.68. The van der Waals surface area contributed by atoms with Crippen LogP contribution in [0.3, 0.4) is 0 Å². The summed E-state index contributed by atoms with van der Waals surface area (Å²) in [4.78, 5) is 9.78. The molecule has 1 aromatic carbocycles. The second-order valence-corrected chi connectivity index (χ2v) is 9.48. The van der Waals surface area contributed by atoms with Crippen LogP contribution in [0.5, 0.6) is 11.5 Å². The van der Waals surface area contributed by atoms with E-state index in [1.54, 1.807) is 14.2 Å². The number of likely N-dealkylation sites (tertiary alicyclic amines) is 2. The molecule has 1 spiro atoms. The lowest BCUT2D eigenvalue weighted by atomic mass is 9.79. The van der Waals surface area contributed by atoms with Crippen molar-refractivity contribution in [3.05, 3.63) is 72.2 Å². The Morgan fingerprint density at radius 3 is 2.55 bits per heavy atom. The number of benzene rings is 1. The molecule has 0 unspecified atom stereocenters. The lowest BCUT2D eigenvalue weighted by Gasteiger charge is -2.40. The van der Waals surface area contributed by atoms with Gasteiger partial charge in [0.05, 0.1) is 14.2 Å². The highest BCUT2D eigenvalue weighted by Crippen LogP contribution is 2.41. The normalized spacial score (nSPS) is 21.5. The van der Waals surface area contributed by atoms with Gasteiger partial charge in [0.1, 0.15) is 5.82 Å². The molecule has 0 bridgehead atoms. The lowest BCUT2D eigenvalue weighted by Crippen LogP contribution is -2.44. The third-order valence-electron chi connectivity index (χ3n) is 7.25. The van der Waals surface area contributed by atoms with Gasteiger partial charge in [-0.15, -0.1) is 0 Å². The molecule has 0 amide bonds. The molecule has 2 saturated heterocycles. The standard InChI is InChI=1S/C27H34N4O2/c1-32-24-10-5-8-22(26(24)33-2)18-29-15-7-12-27(20-29)13-17-30(21-27)19-23-9-6-16-31(23)25-11-3-4-14-28-25/h3-6,8-11,14,16H,7,12-13,15,17-21H2,1-2H3/t27-/m1/s1. The molecule has 0 saturated carbocycles. The number of rotatable bonds is 7. The van der Waals surface area contributed by atoms with Crippen molar-refractivity contribution in [2.75, 3.05) is 40.4 Å². The van der Waals surface area contributed by atoms with E-state index >= 15 is 0 Å². The molecule has 174 valence electrons. The van der Waals surface area contributed by atoms with E-state index < -0.39 is 0 Å². The molecule has 6 heteroatoms. The number of piperidine rings is 1. The lowest BCUT2D eigenvalue weighted by molar-refractivity contribution is 0.0857. The van der Waals surface area contributed by atoms with Gasteiger partial charge >= 0.3 is 0 Å². The fourth-order valence-corrected chi connectivity index (χ4v) is 5.75. The third kappa shape index (κ3) is 4.63. The number of nitrogens with zero attached hydrogens (tertiary/aromatic N) is 4. The summed E-state index contributed by atoms with van der Waals surface area (Å²) >= 11 is 0. The summed E-state index contributed by atoms with van der Waals surface area (Å²) in [5, 5.41) is 0. The van der Waals surface area contributed by atoms with Crippen molar-refractivity contribution in [3.8, 4) is 17.3 Å². The molecule has 2 fully saturated rings.